The van der Waals surface area contributed by atoms with Crippen LogP contribution in [0.1, 0.15) is 6.42 Å². The molecule has 0 spiro atoms. The maximum atomic E-state index is 10.4. The number of halogens is 1. The number of thiazole rings is 1. The normalized spacial score (nSPS) is 23.8. The van der Waals surface area contributed by atoms with Crippen LogP contribution in [0, 0.1) is 5.92 Å². The summed E-state index contributed by atoms with van der Waals surface area (Å²) in [5, 5.41) is 45.9. The van der Waals surface area contributed by atoms with Gasteiger partial charge in [0.1, 0.15) is 22.1 Å². The Morgan fingerprint density at radius 2 is 1.90 bits per heavy atom. The number of fused-ring (bicyclic) bond motifs is 1. The van der Waals surface area contributed by atoms with Crippen LogP contribution in [0.4, 0.5) is 11.8 Å². The van der Waals surface area contributed by atoms with E-state index < -0.39 is 24.2 Å². The summed E-state index contributed by atoms with van der Waals surface area (Å²) in [5.41, 5.74) is 1.31. The molecule has 9 nitrogen and oxygen atoms in total. The van der Waals surface area contributed by atoms with Gasteiger partial charge in [-0.1, -0.05) is 23.7 Å². The minimum absolute atomic E-state index is 0.102. The van der Waals surface area contributed by atoms with Crippen LogP contribution in [0.2, 0.25) is 5.15 Å². The van der Waals surface area contributed by atoms with Gasteiger partial charge in [-0.3, -0.25) is 0 Å². The molecule has 30 heavy (non-hydrogen) atoms. The quantitative estimate of drug-likeness (QED) is 0.293. The number of para-hydroxylation sites is 1. The second-order valence-corrected chi connectivity index (χ2v) is 8.50. The smallest absolute Gasteiger partial charge is 0.226 e. The third-order valence-corrected chi connectivity index (χ3v) is 6.45. The predicted molar refractivity (Wildman–Crippen MR) is 116 cm³/mol. The summed E-state index contributed by atoms with van der Waals surface area (Å²) in [5.74, 6) is 0.130. The largest absolute Gasteiger partial charge is 0.396 e. The Hall–Kier alpha value is -2.08. The fourth-order valence-corrected chi connectivity index (χ4v) is 4.91. The molecule has 0 bridgehead atoms. The molecule has 1 aliphatic rings. The van der Waals surface area contributed by atoms with Crippen LogP contribution in [-0.4, -0.2) is 73.4 Å². The van der Waals surface area contributed by atoms with E-state index in [0.717, 1.165) is 10.2 Å². The standard InChI is InChI=1S/C19H22ClN5O4S/c20-16-13(18-23-10-3-1-2-4-12(10)30-18)17(25-19(24-16)21-5-6-26)22-11-7-9(8-27)14(28)15(11)29/h1-4,9,11,14-15,26-29H,5-8H2,(H2,21,22,24,25)/t9-,11-,14-,15+/m1/s1. The molecule has 2 aromatic heterocycles. The SMILES string of the molecule is OCCNc1nc(Cl)c(-c2nc3ccccc3s2)c(N[C@@H]2C[C@H](CO)[C@@H](O)[C@H]2O)n1. The minimum Gasteiger partial charge on any atom is -0.396 e. The van der Waals surface area contributed by atoms with Gasteiger partial charge in [-0.05, 0) is 18.6 Å². The van der Waals surface area contributed by atoms with Crippen molar-refractivity contribution >= 4 is 44.9 Å². The Bertz CT molecular complexity index is 1000. The lowest BCUT2D eigenvalue weighted by Crippen LogP contribution is -2.35. The summed E-state index contributed by atoms with van der Waals surface area (Å²) in [6.07, 6.45) is -1.75. The first kappa shape index (κ1) is 21.2. The fraction of sp³-hybridized carbons (Fsp3) is 0.421. The lowest BCUT2D eigenvalue weighted by Gasteiger charge is -2.21. The molecule has 1 aromatic carbocycles. The van der Waals surface area contributed by atoms with Crippen LogP contribution in [0.5, 0.6) is 0 Å². The van der Waals surface area contributed by atoms with Crippen molar-refractivity contribution in [3.05, 3.63) is 29.4 Å². The Balaban J connectivity index is 1.75. The molecule has 1 fully saturated rings. The van der Waals surface area contributed by atoms with Crippen molar-refractivity contribution < 1.29 is 20.4 Å². The maximum absolute atomic E-state index is 10.4. The van der Waals surface area contributed by atoms with E-state index in [1.807, 2.05) is 24.3 Å². The summed E-state index contributed by atoms with van der Waals surface area (Å²) >= 11 is 7.94. The monoisotopic (exact) mass is 451 g/mol. The molecule has 6 N–H and O–H groups in total. The molecule has 11 heteroatoms. The van der Waals surface area contributed by atoms with E-state index in [1.165, 1.54) is 11.3 Å². The second kappa shape index (κ2) is 8.96. The Kier molecular flexibility index (Phi) is 6.32. The topological polar surface area (TPSA) is 144 Å². The maximum Gasteiger partial charge on any atom is 0.226 e. The molecular weight excluding hydrogens is 430 g/mol. The molecule has 2 heterocycles. The molecule has 160 valence electrons. The highest BCUT2D eigenvalue weighted by Gasteiger charge is 2.41. The molecule has 0 amide bonds. The number of nitrogens with one attached hydrogen (secondary N) is 2. The van der Waals surface area contributed by atoms with Gasteiger partial charge in [0.15, 0.2) is 0 Å². The summed E-state index contributed by atoms with van der Waals surface area (Å²) in [4.78, 5) is 13.4. The van der Waals surface area contributed by atoms with Gasteiger partial charge in [-0.25, -0.2) is 9.97 Å². The van der Waals surface area contributed by atoms with Crippen LogP contribution < -0.4 is 10.6 Å². The molecule has 1 aliphatic carbocycles. The first-order valence-electron chi connectivity index (χ1n) is 9.53. The number of hydrogen-bond donors (Lipinski definition) is 6. The zero-order valence-electron chi connectivity index (χ0n) is 15.9. The van der Waals surface area contributed by atoms with Crippen molar-refractivity contribution in [3.8, 4) is 10.6 Å². The highest BCUT2D eigenvalue weighted by molar-refractivity contribution is 7.21. The molecule has 0 radical (unpaired) electrons. The van der Waals surface area contributed by atoms with Gasteiger partial charge in [0.25, 0.3) is 0 Å². The predicted octanol–water partition coefficient (Wildman–Crippen LogP) is 1.33. The zero-order chi connectivity index (χ0) is 21.3. The van der Waals surface area contributed by atoms with Crippen molar-refractivity contribution in [1.82, 2.24) is 15.0 Å². The van der Waals surface area contributed by atoms with Crippen LogP contribution in [0.15, 0.2) is 24.3 Å². The molecule has 3 aromatic rings. The first-order valence-corrected chi connectivity index (χ1v) is 10.7. The molecule has 1 saturated carbocycles. The van der Waals surface area contributed by atoms with Gasteiger partial charge in [-0.2, -0.15) is 4.98 Å². The highest BCUT2D eigenvalue weighted by Crippen LogP contribution is 2.39. The van der Waals surface area contributed by atoms with Crippen LogP contribution in [-0.2, 0) is 0 Å². The molecule has 0 aliphatic heterocycles. The number of anilines is 2. The van der Waals surface area contributed by atoms with E-state index in [2.05, 4.69) is 25.6 Å². The number of aromatic nitrogens is 3. The van der Waals surface area contributed by atoms with Gasteiger partial charge in [-0.15, -0.1) is 11.3 Å². The molecule has 0 unspecified atom stereocenters. The molecule has 4 rings (SSSR count). The van der Waals surface area contributed by atoms with Gasteiger partial charge in [0.05, 0.1) is 34.5 Å². The Labute approximate surface area is 181 Å². The molecule has 4 atom stereocenters. The molecule has 0 saturated heterocycles. The van der Waals surface area contributed by atoms with Crippen LogP contribution in [0.3, 0.4) is 0 Å². The second-order valence-electron chi connectivity index (χ2n) is 7.11. The Morgan fingerprint density at radius 3 is 2.60 bits per heavy atom. The molecular formula is C19H22ClN5O4S. The minimum atomic E-state index is -1.08. The average Bonchev–Trinajstić information content (AvgIpc) is 3.28. The van der Waals surface area contributed by atoms with Crippen LogP contribution >= 0.6 is 22.9 Å². The van der Waals surface area contributed by atoms with Crippen LogP contribution in [0.25, 0.3) is 20.8 Å². The average molecular weight is 452 g/mol. The van der Waals surface area contributed by atoms with Crippen molar-refractivity contribution in [2.45, 2.75) is 24.7 Å². The van der Waals surface area contributed by atoms with Gasteiger partial charge in [0, 0.05) is 19.1 Å². The number of nitrogens with zero attached hydrogens (tertiary/aromatic N) is 3. The number of benzene rings is 1. The van der Waals surface area contributed by atoms with E-state index in [0.29, 0.717) is 22.8 Å². The fourth-order valence-electron chi connectivity index (χ4n) is 3.58. The van der Waals surface area contributed by atoms with Crippen molar-refractivity contribution in [2.24, 2.45) is 5.92 Å². The van der Waals surface area contributed by atoms with Crippen molar-refractivity contribution in [3.63, 3.8) is 0 Å². The summed E-state index contributed by atoms with van der Waals surface area (Å²) < 4.78 is 0.980. The third-order valence-electron chi connectivity index (χ3n) is 5.13. The van der Waals surface area contributed by atoms with E-state index in [4.69, 9.17) is 16.7 Å². The summed E-state index contributed by atoms with van der Waals surface area (Å²) in [6.45, 7) is -0.0857. The van der Waals surface area contributed by atoms with E-state index in [9.17, 15) is 15.3 Å². The lowest BCUT2D eigenvalue weighted by molar-refractivity contribution is 0.00446. The van der Waals surface area contributed by atoms with Gasteiger partial charge < -0.3 is 31.1 Å². The first-order chi connectivity index (χ1) is 14.5. The number of hydrogen-bond acceptors (Lipinski definition) is 10. The number of aliphatic hydroxyl groups excluding tert-OH is 4. The van der Waals surface area contributed by atoms with E-state index in [1.54, 1.807) is 0 Å². The van der Waals surface area contributed by atoms with Gasteiger partial charge >= 0.3 is 0 Å². The lowest BCUT2D eigenvalue weighted by atomic mass is 10.1. The van der Waals surface area contributed by atoms with Crippen molar-refractivity contribution in [1.29, 1.82) is 0 Å². The third kappa shape index (κ3) is 4.07. The summed E-state index contributed by atoms with van der Waals surface area (Å²) in [6, 6.07) is 7.14. The zero-order valence-corrected chi connectivity index (χ0v) is 17.4. The van der Waals surface area contributed by atoms with Gasteiger partial charge in [0.2, 0.25) is 5.95 Å². The highest BCUT2D eigenvalue weighted by atomic mass is 35.5. The van der Waals surface area contributed by atoms with E-state index >= 15 is 0 Å². The Morgan fingerprint density at radius 1 is 1.10 bits per heavy atom. The van der Waals surface area contributed by atoms with E-state index in [-0.39, 0.29) is 30.9 Å². The van der Waals surface area contributed by atoms with Crippen molar-refractivity contribution in [2.75, 3.05) is 30.4 Å². The summed E-state index contributed by atoms with van der Waals surface area (Å²) in [7, 11) is 0. The number of rotatable bonds is 7. The number of aliphatic hydroxyl groups is 4.